The van der Waals surface area contributed by atoms with Crippen LogP contribution in [0.2, 0.25) is 0 Å². The molecular formula is C36H51N3O2. The molecule has 2 atom stereocenters. The number of benzene rings is 2. The van der Waals surface area contributed by atoms with E-state index in [-0.39, 0.29) is 6.09 Å². The van der Waals surface area contributed by atoms with Crippen molar-refractivity contribution in [3.8, 4) is 0 Å². The van der Waals surface area contributed by atoms with Gasteiger partial charge in [0, 0.05) is 50.8 Å². The fraction of sp³-hybridized carbons (Fsp3) is 0.639. The van der Waals surface area contributed by atoms with Crippen molar-refractivity contribution in [3.05, 3.63) is 70.8 Å². The van der Waals surface area contributed by atoms with Crippen LogP contribution >= 0.6 is 0 Å². The van der Waals surface area contributed by atoms with Crippen molar-refractivity contribution in [2.75, 3.05) is 32.7 Å². The van der Waals surface area contributed by atoms with E-state index in [1.807, 2.05) is 25.7 Å². The first-order chi connectivity index (χ1) is 19.6. The van der Waals surface area contributed by atoms with Crippen LogP contribution in [0, 0.1) is 5.41 Å². The molecule has 2 aliphatic heterocycles. The van der Waals surface area contributed by atoms with Crippen LogP contribution in [0.15, 0.2) is 48.5 Å². The Morgan fingerprint density at radius 2 is 1.59 bits per heavy atom. The van der Waals surface area contributed by atoms with Crippen LogP contribution in [-0.4, -0.2) is 65.2 Å². The first-order valence-electron chi connectivity index (χ1n) is 16.3. The molecule has 41 heavy (non-hydrogen) atoms. The highest BCUT2D eigenvalue weighted by molar-refractivity contribution is 5.68. The van der Waals surface area contributed by atoms with Gasteiger partial charge in [-0.05, 0) is 99.3 Å². The average Bonchev–Trinajstić information content (AvgIpc) is 2.94. The highest BCUT2D eigenvalue weighted by Crippen LogP contribution is 2.53. The predicted molar refractivity (Wildman–Crippen MR) is 166 cm³/mol. The Bertz CT molecular complexity index is 1220. The summed E-state index contributed by atoms with van der Waals surface area (Å²) in [4.78, 5) is 20.3. The van der Waals surface area contributed by atoms with Gasteiger partial charge in [-0.2, -0.15) is 0 Å². The summed E-state index contributed by atoms with van der Waals surface area (Å²) in [5.74, 6) is 0.517. The molecule has 1 spiro atoms. The summed E-state index contributed by atoms with van der Waals surface area (Å²) < 4.78 is 5.66. The maximum Gasteiger partial charge on any atom is 0.410 e. The fourth-order valence-corrected chi connectivity index (χ4v) is 8.34. The van der Waals surface area contributed by atoms with E-state index in [0.29, 0.717) is 29.5 Å². The Hall–Kier alpha value is -2.37. The molecule has 2 heterocycles. The number of hydrogen-bond donors (Lipinski definition) is 0. The van der Waals surface area contributed by atoms with Gasteiger partial charge in [0.2, 0.25) is 0 Å². The van der Waals surface area contributed by atoms with E-state index in [1.54, 1.807) is 11.1 Å². The summed E-state index contributed by atoms with van der Waals surface area (Å²) in [6, 6.07) is 20.1. The third-order valence-electron chi connectivity index (χ3n) is 10.5. The number of nitrogens with zero attached hydrogens (tertiary/aromatic N) is 3. The van der Waals surface area contributed by atoms with Crippen molar-refractivity contribution in [3.63, 3.8) is 0 Å². The topological polar surface area (TPSA) is 36.0 Å². The fourth-order valence-electron chi connectivity index (χ4n) is 8.34. The highest BCUT2D eigenvalue weighted by atomic mass is 16.6. The zero-order valence-corrected chi connectivity index (χ0v) is 26.1. The number of fused-ring (bicyclic) bond motifs is 1. The third kappa shape index (κ3) is 5.95. The molecule has 5 heteroatoms. The number of piperidine rings is 1. The van der Waals surface area contributed by atoms with Gasteiger partial charge in [0.05, 0.1) is 0 Å². The number of likely N-dealkylation sites (tertiary alicyclic amines) is 1. The quantitative estimate of drug-likeness (QED) is 0.385. The highest BCUT2D eigenvalue weighted by Gasteiger charge is 2.51. The summed E-state index contributed by atoms with van der Waals surface area (Å²) in [5.41, 5.74) is 6.14. The average molecular weight is 558 g/mol. The molecule has 0 bridgehead atoms. The van der Waals surface area contributed by atoms with E-state index >= 15 is 0 Å². The van der Waals surface area contributed by atoms with Crippen LogP contribution in [0.25, 0.3) is 0 Å². The Morgan fingerprint density at radius 3 is 2.29 bits per heavy atom. The Kier molecular flexibility index (Phi) is 7.97. The van der Waals surface area contributed by atoms with Crippen molar-refractivity contribution in [1.82, 2.24) is 14.7 Å². The number of amides is 1. The summed E-state index contributed by atoms with van der Waals surface area (Å²) in [6.07, 6.45) is 8.39. The van der Waals surface area contributed by atoms with Gasteiger partial charge < -0.3 is 9.64 Å². The molecule has 3 fully saturated rings. The van der Waals surface area contributed by atoms with Crippen LogP contribution in [0.1, 0.15) is 113 Å². The minimum atomic E-state index is -0.434. The lowest BCUT2D eigenvalue weighted by atomic mass is 9.59. The molecule has 222 valence electrons. The maximum atomic E-state index is 12.7. The van der Waals surface area contributed by atoms with Gasteiger partial charge in [-0.25, -0.2) is 4.79 Å². The largest absolute Gasteiger partial charge is 0.444 e. The van der Waals surface area contributed by atoms with Crippen molar-refractivity contribution < 1.29 is 9.53 Å². The lowest BCUT2D eigenvalue weighted by Crippen LogP contribution is -2.60. The number of hydrogen-bond acceptors (Lipinski definition) is 4. The van der Waals surface area contributed by atoms with Crippen LogP contribution < -0.4 is 0 Å². The van der Waals surface area contributed by atoms with Gasteiger partial charge in [0.15, 0.2) is 0 Å². The van der Waals surface area contributed by atoms with Gasteiger partial charge in [-0.15, -0.1) is 0 Å². The lowest BCUT2D eigenvalue weighted by Gasteiger charge is -2.58. The number of carbonyl (C=O) groups excluding carboxylic acids is 1. The van der Waals surface area contributed by atoms with Crippen LogP contribution in [0.4, 0.5) is 4.79 Å². The predicted octanol–water partition coefficient (Wildman–Crippen LogP) is 7.73. The Balaban J connectivity index is 1.18. The van der Waals surface area contributed by atoms with Crippen molar-refractivity contribution in [1.29, 1.82) is 0 Å². The number of carbonyl (C=O) groups is 1. The van der Waals surface area contributed by atoms with Crippen LogP contribution in [0.3, 0.4) is 0 Å². The molecule has 0 aromatic heterocycles. The van der Waals surface area contributed by atoms with Crippen molar-refractivity contribution in [2.45, 2.75) is 109 Å². The molecule has 6 rings (SSSR count). The number of piperazine rings is 1. The smallest absolute Gasteiger partial charge is 0.410 e. The normalized spacial score (nSPS) is 25.7. The maximum absolute atomic E-state index is 12.7. The standard InChI is InChI=1S/C36H51N3O2/c1-26(2)29-13-8-9-15-31(29)33-25-38(32-16-10-12-27-11-6-7-14-30(27)32)21-22-39(33)28-23-36(24-28)17-19-37(20-18-36)34(40)41-35(3,4)5/h6-9,11,13-15,26,28,32-33H,10,12,16-25H2,1-5H3. The number of ether oxygens (including phenoxy) is 1. The molecule has 0 N–H and O–H groups in total. The summed E-state index contributed by atoms with van der Waals surface area (Å²) in [5, 5.41) is 0. The zero-order valence-electron chi connectivity index (χ0n) is 26.1. The van der Waals surface area contributed by atoms with Crippen molar-refractivity contribution >= 4 is 6.09 Å². The molecule has 2 saturated heterocycles. The Morgan fingerprint density at radius 1 is 0.902 bits per heavy atom. The molecule has 1 saturated carbocycles. The first-order valence-corrected chi connectivity index (χ1v) is 16.3. The molecular weight excluding hydrogens is 506 g/mol. The molecule has 2 unspecified atom stereocenters. The molecule has 2 aliphatic carbocycles. The van der Waals surface area contributed by atoms with Gasteiger partial charge in [-0.1, -0.05) is 62.4 Å². The Labute approximate surface area is 248 Å². The molecule has 0 radical (unpaired) electrons. The van der Waals surface area contributed by atoms with Gasteiger partial charge in [0.1, 0.15) is 5.60 Å². The number of aryl methyl sites for hydroxylation is 1. The van der Waals surface area contributed by atoms with Crippen LogP contribution in [-0.2, 0) is 11.2 Å². The zero-order chi connectivity index (χ0) is 28.8. The summed E-state index contributed by atoms with van der Waals surface area (Å²) >= 11 is 0. The molecule has 2 aromatic rings. The second kappa shape index (κ2) is 11.4. The van der Waals surface area contributed by atoms with Crippen LogP contribution in [0.5, 0.6) is 0 Å². The minimum Gasteiger partial charge on any atom is -0.444 e. The lowest BCUT2D eigenvalue weighted by molar-refractivity contribution is -0.0825. The third-order valence-corrected chi connectivity index (χ3v) is 10.5. The van der Waals surface area contributed by atoms with Gasteiger partial charge in [-0.3, -0.25) is 9.80 Å². The SMILES string of the molecule is CC(C)c1ccccc1C1CN(C2CCCc3ccccc32)CCN1C1CC2(CCN(C(=O)OC(C)(C)C)CC2)C1. The molecule has 1 amide bonds. The van der Waals surface area contributed by atoms with E-state index in [0.717, 1.165) is 45.6 Å². The second-order valence-electron chi connectivity index (χ2n) is 14.7. The molecule has 2 aromatic carbocycles. The monoisotopic (exact) mass is 557 g/mol. The first kappa shape index (κ1) is 28.7. The van der Waals surface area contributed by atoms with E-state index in [9.17, 15) is 4.79 Å². The molecule has 4 aliphatic rings. The van der Waals surface area contributed by atoms with E-state index in [2.05, 4.69) is 72.2 Å². The summed E-state index contributed by atoms with van der Waals surface area (Å²) in [7, 11) is 0. The van der Waals surface area contributed by atoms with E-state index in [4.69, 9.17) is 4.74 Å². The van der Waals surface area contributed by atoms with E-state index in [1.165, 1.54) is 43.2 Å². The number of rotatable bonds is 4. The van der Waals surface area contributed by atoms with Crippen molar-refractivity contribution in [2.24, 2.45) is 5.41 Å². The molecule has 5 nitrogen and oxygen atoms in total. The van der Waals surface area contributed by atoms with E-state index < -0.39 is 5.60 Å². The van der Waals surface area contributed by atoms with Gasteiger partial charge in [0.25, 0.3) is 0 Å². The summed E-state index contributed by atoms with van der Waals surface area (Å²) in [6.45, 7) is 15.6. The van der Waals surface area contributed by atoms with Gasteiger partial charge >= 0.3 is 6.09 Å². The minimum absolute atomic E-state index is 0.144. The second-order valence-corrected chi connectivity index (χ2v) is 14.7.